The SMILES string of the molecule is Cc1cccc(C)c1-c1cc(N2c3ccccc3N(C)[C@H]2C)c(C)c(N2c3ccccc3N(C)[C@@H]2C)c1. The Bertz CT molecular complexity index is 1400. The first-order valence-electron chi connectivity index (χ1n) is 13.2. The molecular weight excluding hydrogens is 452 g/mol. The summed E-state index contributed by atoms with van der Waals surface area (Å²) in [6, 6.07) is 29.0. The maximum atomic E-state index is 2.52. The number of anilines is 6. The van der Waals surface area contributed by atoms with E-state index in [1.54, 1.807) is 0 Å². The lowest BCUT2D eigenvalue weighted by Crippen LogP contribution is -2.37. The van der Waals surface area contributed by atoms with Crippen molar-refractivity contribution in [2.45, 2.75) is 47.0 Å². The Morgan fingerprint density at radius 1 is 0.514 bits per heavy atom. The zero-order valence-electron chi connectivity index (χ0n) is 22.9. The third kappa shape index (κ3) is 3.42. The van der Waals surface area contributed by atoms with Gasteiger partial charge in [-0.2, -0.15) is 0 Å². The number of para-hydroxylation sites is 4. The van der Waals surface area contributed by atoms with Crippen LogP contribution in [0.2, 0.25) is 0 Å². The molecule has 2 atom stereocenters. The van der Waals surface area contributed by atoms with Gasteiger partial charge in [0.15, 0.2) is 0 Å². The summed E-state index contributed by atoms with van der Waals surface area (Å²) in [5, 5.41) is 0. The smallest absolute Gasteiger partial charge is 0.103 e. The van der Waals surface area contributed by atoms with Crippen LogP contribution in [0.1, 0.15) is 30.5 Å². The molecule has 0 aliphatic carbocycles. The van der Waals surface area contributed by atoms with Crippen LogP contribution in [0.25, 0.3) is 11.1 Å². The second-order valence-electron chi connectivity index (χ2n) is 10.6. The molecule has 0 unspecified atom stereocenters. The summed E-state index contributed by atoms with van der Waals surface area (Å²) < 4.78 is 0. The van der Waals surface area contributed by atoms with Gasteiger partial charge in [0.1, 0.15) is 12.3 Å². The van der Waals surface area contributed by atoms with Gasteiger partial charge in [-0.1, -0.05) is 42.5 Å². The summed E-state index contributed by atoms with van der Waals surface area (Å²) in [4.78, 5) is 9.78. The number of nitrogens with zero attached hydrogens (tertiary/aromatic N) is 4. The van der Waals surface area contributed by atoms with Crippen molar-refractivity contribution in [1.82, 2.24) is 0 Å². The van der Waals surface area contributed by atoms with E-state index in [1.165, 1.54) is 61.9 Å². The van der Waals surface area contributed by atoms with Gasteiger partial charge in [-0.3, -0.25) is 0 Å². The number of hydrogen-bond donors (Lipinski definition) is 0. The molecule has 0 saturated heterocycles. The molecule has 0 fully saturated rings. The number of hydrogen-bond acceptors (Lipinski definition) is 4. The molecule has 4 aromatic carbocycles. The molecule has 0 aromatic heterocycles. The quantitative estimate of drug-likeness (QED) is 0.288. The Morgan fingerprint density at radius 3 is 1.35 bits per heavy atom. The van der Waals surface area contributed by atoms with Crippen LogP contribution in [0.15, 0.2) is 78.9 Å². The van der Waals surface area contributed by atoms with Crippen molar-refractivity contribution in [3.05, 3.63) is 95.6 Å². The van der Waals surface area contributed by atoms with Gasteiger partial charge in [-0.05, 0) is 98.8 Å². The van der Waals surface area contributed by atoms with Crippen LogP contribution < -0.4 is 19.6 Å². The van der Waals surface area contributed by atoms with E-state index in [0.717, 1.165) is 0 Å². The maximum Gasteiger partial charge on any atom is 0.103 e. The molecule has 0 bridgehead atoms. The van der Waals surface area contributed by atoms with Gasteiger partial charge in [0.25, 0.3) is 0 Å². The standard InChI is InChI=1S/C33H36N4/c1-21-13-12-14-22(2)33(21)26-19-31(36-24(4)34(6)27-15-8-10-17-29(27)36)23(3)32(20-26)37-25(5)35(7)28-16-9-11-18-30(28)37/h8-20,24-25H,1-7H3/t24-,25+. The Morgan fingerprint density at radius 2 is 0.919 bits per heavy atom. The molecule has 4 heteroatoms. The largest absolute Gasteiger partial charge is 0.353 e. The first kappa shape index (κ1) is 23.5. The Kier molecular flexibility index (Phi) is 5.45. The fourth-order valence-electron chi connectivity index (χ4n) is 6.34. The van der Waals surface area contributed by atoms with Gasteiger partial charge in [-0.15, -0.1) is 0 Å². The van der Waals surface area contributed by atoms with Crippen LogP contribution in [0, 0.1) is 20.8 Å². The molecular formula is C33H36N4. The minimum absolute atomic E-state index is 0.211. The van der Waals surface area contributed by atoms with E-state index in [9.17, 15) is 0 Å². The van der Waals surface area contributed by atoms with E-state index in [2.05, 4.69) is 147 Å². The predicted octanol–water partition coefficient (Wildman–Crippen LogP) is 8.15. The Labute approximate surface area is 221 Å². The molecule has 4 aromatic rings. The van der Waals surface area contributed by atoms with Crippen molar-refractivity contribution in [3.63, 3.8) is 0 Å². The van der Waals surface area contributed by atoms with Crippen LogP contribution in [0.4, 0.5) is 34.1 Å². The average Bonchev–Trinajstić information content (AvgIpc) is 3.29. The normalized spacial score (nSPS) is 18.5. The molecule has 6 rings (SSSR count). The second kappa shape index (κ2) is 8.58. The van der Waals surface area contributed by atoms with Crippen molar-refractivity contribution in [2.75, 3.05) is 33.7 Å². The highest BCUT2D eigenvalue weighted by Gasteiger charge is 2.36. The molecule has 37 heavy (non-hydrogen) atoms. The summed E-state index contributed by atoms with van der Waals surface area (Å²) in [7, 11) is 4.39. The fourth-order valence-corrected chi connectivity index (χ4v) is 6.34. The molecule has 0 amide bonds. The second-order valence-corrected chi connectivity index (χ2v) is 10.6. The number of benzene rings is 4. The van der Waals surface area contributed by atoms with Crippen LogP contribution in [-0.4, -0.2) is 26.4 Å². The minimum Gasteiger partial charge on any atom is -0.353 e. The summed E-state index contributed by atoms with van der Waals surface area (Å²) in [6.07, 6.45) is 0.422. The van der Waals surface area contributed by atoms with Crippen molar-refractivity contribution in [2.24, 2.45) is 0 Å². The zero-order valence-corrected chi connectivity index (χ0v) is 22.9. The predicted molar refractivity (Wildman–Crippen MR) is 159 cm³/mol. The summed E-state index contributed by atoms with van der Waals surface area (Å²) in [5.41, 5.74) is 14.1. The van der Waals surface area contributed by atoms with Crippen molar-refractivity contribution in [3.8, 4) is 11.1 Å². The molecule has 0 N–H and O–H groups in total. The van der Waals surface area contributed by atoms with Crippen molar-refractivity contribution >= 4 is 34.1 Å². The van der Waals surface area contributed by atoms with E-state index < -0.39 is 0 Å². The fraction of sp³-hybridized carbons (Fsp3) is 0.273. The number of rotatable bonds is 3. The van der Waals surface area contributed by atoms with Gasteiger partial charge in [0.05, 0.1) is 22.7 Å². The monoisotopic (exact) mass is 488 g/mol. The first-order valence-corrected chi connectivity index (χ1v) is 13.2. The lowest BCUT2D eigenvalue weighted by atomic mass is 9.93. The van der Waals surface area contributed by atoms with Gasteiger partial charge in [-0.25, -0.2) is 0 Å². The zero-order chi connectivity index (χ0) is 26.0. The van der Waals surface area contributed by atoms with E-state index in [0.29, 0.717) is 0 Å². The van der Waals surface area contributed by atoms with Crippen LogP contribution in [0.5, 0.6) is 0 Å². The molecule has 2 aliphatic heterocycles. The van der Waals surface area contributed by atoms with Crippen molar-refractivity contribution < 1.29 is 0 Å². The van der Waals surface area contributed by atoms with Gasteiger partial charge >= 0.3 is 0 Å². The molecule has 0 radical (unpaired) electrons. The van der Waals surface area contributed by atoms with Gasteiger partial charge in [0.2, 0.25) is 0 Å². The Balaban J connectivity index is 1.64. The number of aryl methyl sites for hydroxylation is 2. The van der Waals surface area contributed by atoms with E-state index in [4.69, 9.17) is 0 Å². The van der Waals surface area contributed by atoms with Gasteiger partial charge < -0.3 is 19.6 Å². The number of fused-ring (bicyclic) bond motifs is 2. The topological polar surface area (TPSA) is 13.0 Å². The van der Waals surface area contributed by atoms with Crippen LogP contribution >= 0.6 is 0 Å². The molecule has 2 aliphatic rings. The molecule has 188 valence electrons. The van der Waals surface area contributed by atoms with E-state index in [1.807, 2.05) is 0 Å². The van der Waals surface area contributed by atoms with Crippen LogP contribution in [0.3, 0.4) is 0 Å². The van der Waals surface area contributed by atoms with E-state index in [-0.39, 0.29) is 12.3 Å². The minimum atomic E-state index is 0.211. The van der Waals surface area contributed by atoms with Gasteiger partial charge in [0, 0.05) is 25.5 Å². The molecule has 0 saturated carbocycles. The lowest BCUT2D eigenvalue weighted by molar-refractivity contribution is 0.725. The summed E-state index contributed by atoms with van der Waals surface area (Å²) in [6.45, 7) is 11.3. The van der Waals surface area contributed by atoms with Crippen molar-refractivity contribution in [1.29, 1.82) is 0 Å². The summed E-state index contributed by atoms with van der Waals surface area (Å²) in [5.74, 6) is 0. The Hall–Kier alpha value is -3.92. The summed E-state index contributed by atoms with van der Waals surface area (Å²) >= 11 is 0. The van der Waals surface area contributed by atoms with E-state index >= 15 is 0 Å². The third-order valence-electron chi connectivity index (χ3n) is 8.55. The lowest BCUT2D eigenvalue weighted by Gasteiger charge is -2.34. The molecule has 4 nitrogen and oxygen atoms in total. The molecule has 2 heterocycles. The molecule has 0 spiro atoms. The highest BCUT2D eigenvalue weighted by atomic mass is 15.4. The highest BCUT2D eigenvalue weighted by molar-refractivity contribution is 5.92. The maximum absolute atomic E-state index is 2.52. The highest BCUT2D eigenvalue weighted by Crippen LogP contribution is 2.50. The first-order chi connectivity index (χ1) is 17.8. The van der Waals surface area contributed by atoms with Crippen LogP contribution in [-0.2, 0) is 0 Å². The average molecular weight is 489 g/mol. The third-order valence-corrected chi connectivity index (χ3v) is 8.55.